The van der Waals surface area contributed by atoms with Gasteiger partial charge in [0.25, 0.3) is 0 Å². The Morgan fingerprint density at radius 2 is 2.00 bits per heavy atom. The maximum atomic E-state index is 4.75. The summed E-state index contributed by atoms with van der Waals surface area (Å²) in [5.74, 6) is 0.536. The van der Waals surface area contributed by atoms with Gasteiger partial charge in [-0.05, 0) is 57.2 Å². The summed E-state index contributed by atoms with van der Waals surface area (Å²) in [5.41, 5.74) is 4.73. The van der Waals surface area contributed by atoms with Gasteiger partial charge in [0.05, 0.1) is 5.70 Å². The Bertz CT molecular complexity index is 712. The van der Waals surface area contributed by atoms with E-state index in [-0.39, 0.29) is 5.54 Å². The van der Waals surface area contributed by atoms with Gasteiger partial charge in [0.2, 0.25) is 0 Å². The van der Waals surface area contributed by atoms with Gasteiger partial charge in [-0.15, -0.1) is 0 Å². The first-order chi connectivity index (χ1) is 13.2. The Hall–Kier alpha value is -2.07. The van der Waals surface area contributed by atoms with Gasteiger partial charge >= 0.3 is 0 Å². The van der Waals surface area contributed by atoms with Crippen molar-refractivity contribution in [1.29, 1.82) is 0 Å². The molecule has 0 saturated heterocycles. The van der Waals surface area contributed by atoms with E-state index >= 15 is 0 Å². The number of nitrogens with zero attached hydrogens (tertiary/aromatic N) is 3. The molecule has 1 aliphatic heterocycles. The van der Waals surface area contributed by atoms with E-state index in [0.29, 0.717) is 5.92 Å². The molecule has 1 aromatic rings. The molecule has 0 aliphatic carbocycles. The molecule has 28 heavy (non-hydrogen) atoms. The van der Waals surface area contributed by atoms with Crippen LogP contribution in [0.2, 0.25) is 0 Å². The molecule has 0 bridgehead atoms. The number of hydrogen-bond donors (Lipinski definition) is 1. The van der Waals surface area contributed by atoms with Gasteiger partial charge in [-0.25, -0.2) is 0 Å². The number of allylic oxidation sites excluding steroid dienone is 2. The number of rotatable bonds is 8. The van der Waals surface area contributed by atoms with Crippen molar-refractivity contribution in [1.82, 2.24) is 15.2 Å². The van der Waals surface area contributed by atoms with Crippen molar-refractivity contribution in [3.8, 4) is 0 Å². The van der Waals surface area contributed by atoms with Crippen LogP contribution in [0.15, 0.2) is 53.8 Å². The van der Waals surface area contributed by atoms with E-state index in [2.05, 4.69) is 68.8 Å². The van der Waals surface area contributed by atoms with Crippen molar-refractivity contribution in [2.75, 3.05) is 26.7 Å². The van der Waals surface area contributed by atoms with Crippen LogP contribution in [0.4, 0.5) is 0 Å². The highest BCUT2D eigenvalue weighted by Crippen LogP contribution is 2.19. The Morgan fingerprint density at radius 1 is 1.32 bits per heavy atom. The minimum absolute atomic E-state index is 0.0229. The zero-order valence-electron chi connectivity index (χ0n) is 18.6. The van der Waals surface area contributed by atoms with Gasteiger partial charge < -0.3 is 5.32 Å². The second-order valence-electron chi connectivity index (χ2n) is 8.90. The molecule has 154 valence electrons. The van der Waals surface area contributed by atoms with Gasteiger partial charge in [0.15, 0.2) is 0 Å². The average molecular weight is 383 g/mol. The average Bonchev–Trinajstić information content (AvgIpc) is 2.64. The molecule has 1 unspecified atom stereocenters. The van der Waals surface area contributed by atoms with Crippen molar-refractivity contribution in [3.05, 3.63) is 59.8 Å². The standard InChI is InChI=1S/C24H38N4/c1-8-11-23(26-27(7)24(4,5)6)20(3)25-16-19(2)17-28-15-14-21-12-9-10-13-22(21)18-28/h8-13,19,25H,3,14-18H2,1-2,4-7H3/b11-8+,26-23+. The van der Waals surface area contributed by atoms with Crippen LogP contribution in [0.25, 0.3) is 0 Å². The van der Waals surface area contributed by atoms with Crippen LogP contribution in [0.5, 0.6) is 0 Å². The summed E-state index contributed by atoms with van der Waals surface area (Å²) in [4.78, 5) is 2.56. The maximum absolute atomic E-state index is 4.75. The zero-order valence-corrected chi connectivity index (χ0v) is 18.6. The third kappa shape index (κ3) is 6.52. The van der Waals surface area contributed by atoms with Gasteiger partial charge in [-0.3, -0.25) is 9.91 Å². The minimum Gasteiger partial charge on any atom is -0.383 e. The van der Waals surface area contributed by atoms with E-state index in [9.17, 15) is 0 Å². The number of benzene rings is 1. The Morgan fingerprint density at radius 3 is 2.64 bits per heavy atom. The molecule has 1 aliphatic rings. The summed E-state index contributed by atoms with van der Waals surface area (Å²) in [6, 6.07) is 8.82. The van der Waals surface area contributed by atoms with Crippen LogP contribution in [-0.4, -0.2) is 47.8 Å². The minimum atomic E-state index is -0.0229. The number of nitrogens with one attached hydrogen (secondary N) is 1. The second kappa shape index (κ2) is 9.92. The second-order valence-corrected chi connectivity index (χ2v) is 8.90. The van der Waals surface area contributed by atoms with E-state index in [1.165, 1.54) is 11.1 Å². The normalized spacial score (nSPS) is 16.7. The SMILES string of the molecule is C=C(NCC(C)CN1CCc2ccccc2C1)C(/C=C/C)=N/N(C)C(C)(C)C. The first-order valence-electron chi connectivity index (χ1n) is 10.4. The fourth-order valence-corrected chi connectivity index (χ4v) is 3.27. The van der Waals surface area contributed by atoms with Crippen LogP contribution in [0.3, 0.4) is 0 Å². The van der Waals surface area contributed by atoms with E-state index in [4.69, 9.17) is 5.10 Å². The largest absolute Gasteiger partial charge is 0.383 e. The summed E-state index contributed by atoms with van der Waals surface area (Å²) in [6.07, 6.45) is 5.18. The fourth-order valence-electron chi connectivity index (χ4n) is 3.27. The van der Waals surface area contributed by atoms with Crippen molar-refractivity contribution in [2.24, 2.45) is 11.0 Å². The lowest BCUT2D eigenvalue weighted by Crippen LogP contribution is -2.38. The lowest BCUT2D eigenvalue weighted by molar-refractivity contribution is 0.184. The molecule has 0 spiro atoms. The van der Waals surface area contributed by atoms with Crippen LogP contribution in [0.1, 0.15) is 45.7 Å². The zero-order chi connectivity index (χ0) is 20.7. The van der Waals surface area contributed by atoms with Crippen molar-refractivity contribution < 1.29 is 0 Å². The molecule has 1 aromatic carbocycles. The monoisotopic (exact) mass is 382 g/mol. The highest BCUT2D eigenvalue weighted by Gasteiger charge is 2.19. The molecule has 0 saturated carbocycles. The summed E-state index contributed by atoms with van der Waals surface area (Å²) < 4.78 is 0. The van der Waals surface area contributed by atoms with Gasteiger partial charge in [-0.1, -0.05) is 43.8 Å². The Balaban J connectivity index is 1.88. The lowest BCUT2D eigenvalue weighted by atomic mass is 9.99. The molecule has 1 heterocycles. The van der Waals surface area contributed by atoms with E-state index < -0.39 is 0 Å². The van der Waals surface area contributed by atoms with Crippen molar-refractivity contribution >= 4 is 5.71 Å². The summed E-state index contributed by atoms with van der Waals surface area (Å²) >= 11 is 0. The smallest absolute Gasteiger partial charge is 0.105 e. The molecular formula is C24H38N4. The van der Waals surface area contributed by atoms with Crippen LogP contribution < -0.4 is 5.32 Å². The third-order valence-corrected chi connectivity index (χ3v) is 5.31. The predicted molar refractivity (Wildman–Crippen MR) is 121 cm³/mol. The molecule has 0 amide bonds. The van der Waals surface area contributed by atoms with Gasteiger partial charge in [0.1, 0.15) is 5.71 Å². The topological polar surface area (TPSA) is 30.9 Å². The molecule has 0 radical (unpaired) electrons. The molecule has 0 aromatic heterocycles. The molecular weight excluding hydrogens is 344 g/mol. The number of hydrazone groups is 1. The summed E-state index contributed by atoms with van der Waals surface area (Å²) in [5, 5.41) is 10.2. The van der Waals surface area contributed by atoms with Crippen molar-refractivity contribution in [2.45, 2.75) is 53.1 Å². The van der Waals surface area contributed by atoms with Crippen LogP contribution in [0, 0.1) is 5.92 Å². The predicted octanol–water partition coefficient (Wildman–Crippen LogP) is 4.45. The molecule has 4 heteroatoms. The summed E-state index contributed by atoms with van der Waals surface area (Å²) in [7, 11) is 2.01. The number of fused-ring (bicyclic) bond motifs is 1. The van der Waals surface area contributed by atoms with Crippen LogP contribution in [-0.2, 0) is 13.0 Å². The molecule has 2 rings (SSSR count). The number of hydrogen-bond acceptors (Lipinski definition) is 4. The van der Waals surface area contributed by atoms with E-state index in [1.807, 2.05) is 31.1 Å². The van der Waals surface area contributed by atoms with Gasteiger partial charge in [-0.2, -0.15) is 5.10 Å². The first-order valence-corrected chi connectivity index (χ1v) is 10.4. The summed E-state index contributed by atoms with van der Waals surface area (Å²) in [6.45, 7) is 19.2. The molecule has 1 N–H and O–H groups in total. The fraction of sp³-hybridized carbons (Fsp3) is 0.542. The highest BCUT2D eigenvalue weighted by atomic mass is 15.5. The van der Waals surface area contributed by atoms with E-state index in [0.717, 1.165) is 44.0 Å². The van der Waals surface area contributed by atoms with Crippen molar-refractivity contribution in [3.63, 3.8) is 0 Å². The first kappa shape index (κ1) is 22.2. The third-order valence-electron chi connectivity index (χ3n) is 5.31. The molecule has 1 atom stereocenters. The van der Waals surface area contributed by atoms with Crippen LogP contribution >= 0.6 is 0 Å². The Labute approximate surface area is 172 Å². The Kier molecular flexibility index (Phi) is 7.88. The molecule has 0 fully saturated rings. The highest BCUT2D eigenvalue weighted by molar-refractivity contribution is 6.07. The lowest BCUT2D eigenvalue weighted by Gasteiger charge is -2.31. The van der Waals surface area contributed by atoms with Gasteiger partial charge in [0, 0.05) is 38.8 Å². The molecule has 4 nitrogen and oxygen atoms in total. The maximum Gasteiger partial charge on any atom is 0.105 e. The van der Waals surface area contributed by atoms with E-state index in [1.54, 1.807) is 0 Å². The quantitative estimate of drug-likeness (QED) is 0.532.